The highest BCUT2D eigenvalue weighted by Gasteiger charge is 2.42. The Hall–Kier alpha value is -3.50. The third kappa shape index (κ3) is 3.63. The molecule has 0 spiro atoms. The summed E-state index contributed by atoms with van der Waals surface area (Å²) in [5, 5.41) is 6.72. The van der Waals surface area contributed by atoms with Gasteiger partial charge in [0, 0.05) is 11.6 Å². The Morgan fingerprint density at radius 2 is 1.96 bits per heavy atom. The second-order valence-electron chi connectivity index (χ2n) is 5.38. The van der Waals surface area contributed by atoms with Crippen molar-refractivity contribution >= 4 is 5.97 Å². The van der Waals surface area contributed by atoms with Crippen LogP contribution in [0, 0.1) is 0 Å². The normalized spacial score (nSPS) is 11.3. The minimum atomic E-state index is -4.88. The zero-order valence-electron chi connectivity index (χ0n) is 14.8. The molecule has 2 aromatic heterocycles. The van der Waals surface area contributed by atoms with E-state index in [-0.39, 0.29) is 18.2 Å². The molecule has 11 heteroatoms. The molecule has 0 aliphatic carbocycles. The van der Waals surface area contributed by atoms with Gasteiger partial charge < -0.3 is 9.47 Å². The van der Waals surface area contributed by atoms with Crippen LogP contribution >= 0.6 is 0 Å². The molecule has 0 bridgehead atoms. The Bertz CT molecular complexity index is 1000. The van der Waals surface area contributed by atoms with Gasteiger partial charge in [-0.25, -0.2) is 19.4 Å². The van der Waals surface area contributed by atoms with E-state index in [1.165, 1.54) is 32.5 Å². The van der Waals surface area contributed by atoms with Crippen LogP contribution in [0.2, 0.25) is 0 Å². The predicted octanol–water partition coefficient (Wildman–Crippen LogP) is 2.93. The number of aromatic nitrogens is 5. The molecular formula is C17H14F3N5O3. The van der Waals surface area contributed by atoms with Crippen molar-refractivity contribution < 1.29 is 27.4 Å². The molecule has 0 atom stereocenters. The maximum atomic E-state index is 13.3. The largest absolute Gasteiger partial charge is 0.481 e. The van der Waals surface area contributed by atoms with Crippen LogP contribution in [0.5, 0.6) is 5.88 Å². The summed E-state index contributed by atoms with van der Waals surface area (Å²) in [6.07, 6.45) is -3.63. The molecule has 0 N–H and O–H groups in total. The summed E-state index contributed by atoms with van der Waals surface area (Å²) in [7, 11) is 1.42. The molecule has 0 saturated heterocycles. The number of alkyl halides is 3. The summed E-state index contributed by atoms with van der Waals surface area (Å²) in [4.78, 5) is 20.3. The van der Waals surface area contributed by atoms with Gasteiger partial charge in [0.15, 0.2) is 5.69 Å². The number of nitrogens with zero attached hydrogens (tertiary/aromatic N) is 5. The first-order valence-corrected chi connectivity index (χ1v) is 8.02. The molecule has 146 valence electrons. The van der Waals surface area contributed by atoms with E-state index in [0.29, 0.717) is 11.3 Å². The topological polar surface area (TPSA) is 92.0 Å². The number of methoxy groups -OCH3 is 1. The van der Waals surface area contributed by atoms with Gasteiger partial charge in [0.05, 0.1) is 25.1 Å². The fraction of sp³-hybridized carbons (Fsp3) is 0.235. The molecule has 0 unspecified atom stereocenters. The summed E-state index contributed by atoms with van der Waals surface area (Å²) in [6.45, 7) is 1.38. The van der Waals surface area contributed by atoms with Gasteiger partial charge in [-0.15, -0.1) is 5.10 Å². The predicted molar refractivity (Wildman–Crippen MR) is 89.9 cm³/mol. The maximum absolute atomic E-state index is 13.3. The minimum absolute atomic E-state index is 0.105. The van der Waals surface area contributed by atoms with Gasteiger partial charge in [-0.2, -0.15) is 13.2 Å². The molecule has 0 aliphatic heterocycles. The molecule has 1 aromatic carbocycles. The van der Waals surface area contributed by atoms with Crippen molar-refractivity contribution in [1.82, 2.24) is 25.0 Å². The lowest BCUT2D eigenvalue weighted by molar-refractivity contribution is -0.141. The van der Waals surface area contributed by atoms with Crippen molar-refractivity contribution in [2.45, 2.75) is 13.1 Å². The van der Waals surface area contributed by atoms with Crippen molar-refractivity contribution in [2.24, 2.45) is 0 Å². The zero-order valence-corrected chi connectivity index (χ0v) is 14.8. The standard InChI is InChI=1S/C17H14F3N5O3/c1-3-28-16(26)14-15(17(18,19)20)23-24-25(14)12-7-5-4-6-10(12)11-8-13(27-2)22-9-21-11/h4-9H,3H2,1-2H3. The third-order valence-corrected chi connectivity index (χ3v) is 3.67. The first-order chi connectivity index (χ1) is 13.4. The number of para-hydroxylation sites is 1. The van der Waals surface area contributed by atoms with Gasteiger partial charge in [0.2, 0.25) is 11.6 Å². The lowest BCUT2D eigenvalue weighted by atomic mass is 10.1. The average molecular weight is 393 g/mol. The van der Waals surface area contributed by atoms with Crippen molar-refractivity contribution in [3.8, 4) is 22.8 Å². The molecule has 3 rings (SSSR count). The number of halogens is 3. The lowest BCUT2D eigenvalue weighted by Crippen LogP contribution is -2.18. The van der Waals surface area contributed by atoms with Crippen LogP contribution < -0.4 is 4.74 Å². The van der Waals surface area contributed by atoms with E-state index in [1.54, 1.807) is 18.2 Å². The van der Waals surface area contributed by atoms with E-state index in [4.69, 9.17) is 9.47 Å². The fourth-order valence-corrected chi connectivity index (χ4v) is 2.50. The number of carbonyl (C=O) groups is 1. The van der Waals surface area contributed by atoms with Crippen molar-refractivity contribution in [2.75, 3.05) is 13.7 Å². The molecule has 28 heavy (non-hydrogen) atoms. The van der Waals surface area contributed by atoms with Gasteiger partial charge in [0.1, 0.15) is 6.33 Å². The molecule has 0 amide bonds. The smallest absolute Gasteiger partial charge is 0.437 e. The molecule has 0 radical (unpaired) electrons. The summed E-state index contributed by atoms with van der Waals surface area (Å²) >= 11 is 0. The summed E-state index contributed by atoms with van der Waals surface area (Å²) < 4.78 is 50.7. The Morgan fingerprint density at radius 3 is 2.64 bits per heavy atom. The van der Waals surface area contributed by atoms with Crippen LogP contribution in [-0.2, 0) is 10.9 Å². The molecule has 3 aromatic rings. The number of esters is 1. The van der Waals surface area contributed by atoms with Crippen molar-refractivity contribution in [1.29, 1.82) is 0 Å². The summed E-state index contributed by atoms with van der Waals surface area (Å²) in [5.41, 5.74) is -1.33. The van der Waals surface area contributed by atoms with Gasteiger partial charge in [-0.05, 0) is 13.0 Å². The second kappa shape index (κ2) is 7.62. The molecular weight excluding hydrogens is 379 g/mol. The van der Waals surface area contributed by atoms with Crippen LogP contribution in [-0.4, -0.2) is 44.6 Å². The number of benzene rings is 1. The maximum Gasteiger partial charge on any atom is 0.437 e. The Morgan fingerprint density at radius 1 is 1.21 bits per heavy atom. The first-order valence-electron chi connectivity index (χ1n) is 8.02. The fourth-order valence-electron chi connectivity index (χ4n) is 2.50. The van der Waals surface area contributed by atoms with Gasteiger partial charge in [0.25, 0.3) is 0 Å². The van der Waals surface area contributed by atoms with Crippen LogP contribution in [0.3, 0.4) is 0 Å². The van der Waals surface area contributed by atoms with Gasteiger partial charge in [-0.3, -0.25) is 0 Å². The van der Waals surface area contributed by atoms with E-state index < -0.39 is 23.5 Å². The first kappa shape index (κ1) is 19.3. The molecule has 0 fully saturated rings. The number of hydrogen-bond acceptors (Lipinski definition) is 7. The molecule has 8 nitrogen and oxygen atoms in total. The highest BCUT2D eigenvalue weighted by molar-refractivity contribution is 5.90. The van der Waals surface area contributed by atoms with E-state index in [9.17, 15) is 18.0 Å². The van der Waals surface area contributed by atoms with Crippen LogP contribution in [0.4, 0.5) is 13.2 Å². The van der Waals surface area contributed by atoms with Gasteiger partial charge >= 0.3 is 12.1 Å². The molecule has 0 saturated carbocycles. The summed E-state index contributed by atoms with van der Waals surface area (Å²) in [5.74, 6) is -0.921. The highest BCUT2D eigenvalue weighted by atomic mass is 19.4. The average Bonchev–Trinajstić information content (AvgIpc) is 3.14. The van der Waals surface area contributed by atoms with Crippen LogP contribution in [0.25, 0.3) is 16.9 Å². The summed E-state index contributed by atoms with van der Waals surface area (Å²) in [6, 6.07) is 7.85. The second-order valence-corrected chi connectivity index (χ2v) is 5.38. The van der Waals surface area contributed by atoms with Crippen LogP contribution in [0.15, 0.2) is 36.7 Å². The zero-order chi connectivity index (χ0) is 20.3. The van der Waals surface area contributed by atoms with E-state index >= 15 is 0 Å². The number of carbonyl (C=O) groups excluding carboxylic acids is 1. The monoisotopic (exact) mass is 393 g/mol. The van der Waals surface area contributed by atoms with E-state index in [1.807, 2.05) is 0 Å². The van der Waals surface area contributed by atoms with E-state index in [2.05, 4.69) is 20.3 Å². The quantitative estimate of drug-likeness (QED) is 0.616. The lowest BCUT2D eigenvalue weighted by Gasteiger charge is -2.12. The van der Waals surface area contributed by atoms with Gasteiger partial charge in [-0.1, -0.05) is 23.4 Å². The highest BCUT2D eigenvalue weighted by Crippen LogP contribution is 2.33. The van der Waals surface area contributed by atoms with E-state index in [0.717, 1.165) is 4.68 Å². The van der Waals surface area contributed by atoms with Crippen molar-refractivity contribution in [3.05, 3.63) is 48.0 Å². The van der Waals surface area contributed by atoms with Crippen molar-refractivity contribution in [3.63, 3.8) is 0 Å². The number of hydrogen-bond donors (Lipinski definition) is 0. The minimum Gasteiger partial charge on any atom is -0.481 e. The third-order valence-electron chi connectivity index (χ3n) is 3.67. The molecule has 0 aliphatic rings. The number of ether oxygens (including phenoxy) is 2. The molecule has 2 heterocycles. The SMILES string of the molecule is CCOC(=O)c1c(C(F)(F)F)nnn1-c1ccccc1-c1cc(OC)ncn1. The van der Waals surface area contributed by atoms with Crippen LogP contribution in [0.1, 0.15) is 23.1 Å². The Kier molecular flexibility index (Phi) is 5.25. The Balaban J connectivity index is 2.23. The Labute approximate surface area is 156 Å². The number of rotatable bonds is 5.